The summed E-state index contributed by atoms with van der Waals surface area (Å²) < 4.78 is 6.37. The van der Waals surface area contributed by atoms with Gasteiger partial charge in [0, 0.05) is 6.20 Å². The Balaban J connectivity index is 2.81. The summed E-state index contributed by atoms with van der Waals surface area (Å²) in [5.41, 5.74) is -0.0483. The number of carbonyl (C=O) groups is 1. The van der Waals surface area contributed by atoms with Crippen LogP contribution in [-0.4, -0.2) is 27.3 Å². The van der Waals surface area contributed by atoms with E-state index >= 15 is 0 Å². The van der Waals surface area contributed by atoms with E-state index in [1.165, 1.54) is 23.2 Å². The van der Waals surface area contributed by atoms with Crippen molar-refractivity contribution < 1.29 is 14.3 Å². The maximum Gasteiger partial charge on any atom is 0.419 e. The molecule has 0 aromatic carbocycles. The summed E-state index contributed by atoms with van der Waals surface area (Å²) in [5, 5.41) is 0. The van der Waals surface area contributed by atoms with E-state index in [-0.39, 0.29) is 0 Å². The molecule has 0 spiro atoms. The smallest absolute Gasteiger partial charge is 0.419 e. The highest BCUT2D eigenvalue weighted by atomic mass is 16.6. The van der Waals surface area contributed by atoms with Crippen molar-refractivity contribution in [3.05, 3.63) is 18.2 Å². The van der Waals surface area contributed by atoms with Gasteiger partial charge in [-0.2, -0.15) is 4.99 Å². The lowest BCUT2D eigenvalue weighted by Crippen LogP contribution is -2.26. The zero-order chi connectivity index (χ0) is 13.1. The molecule has 0 bridgehead atoms. The van der Waals surface area contributed by atoms with Crippen molar-refractivity contribution >= 4 is 12.2 Å². The standard InChI is InChI=1S/C11H15N3O3/c1-8(13-7-15)9-5-14(6-12-9)10(16)17-11(2,3)4/h5-6,8H,1-4H3. The molecule has 0 N–H and O–H groups in total. The van der Waals surface area contributed by atoms with Crippen LogP contribution < -0.4 is 0 Å². The fourth-order valence-electron chi connectivity index (χ4n) is 1.11. The summed E-state index contributed by atoms with van der Waals surface area (Å²) in [7, 11) is 0. The molecule has 0 aliphatic rings. The lowest BCUT2D eigenvalue weighted by molar-refractivity contribution is 0.0536. The molecule has 6 nitrogen and oxygen atoms in total. The minimum atomic E-state index is -0.561. The maximum absolute atomic E-state index is 11.6. The largest absolute Gasteiger partial charge is 0.443 e. The highest BCUT2D eigenvalue weighted by Crippen LogP contribution is 2.14. The normalized spacial score (nSPS) is 12.7. The molecular weight excluding hydrogens is 222 g/mol. The fraction of sp³-hybridized carbons (Fsp3) is 0.545. The van der Waals surface area contributed by atoms with Gasteiger partial charge in [0.05, 0.1) is 5.69 Å². The SMILES string of the molecule is CC(N=C=O)c1cn(C(=O)OC(C)(C)C)cn1. The first-order chi connectivity index (χ1) is 7.83. The molecule has 0 saturated heterocycles. The Kier molecular flexibility index (Phi) is 3.81. The lowest BCUT2D eigenvalue weighted by atomic mass is 10.2. The van der Waals surface area contributed by atoms with E-state index in [0.29, 0.717) is 5.69 Å². The fourth-order valence-corrected chi connectivity index (χ4v) is 1.11. The third kappa shape index (κ3) is 3.85. The zero-order valence-corrected chi connectivity index (χ0v) is 10.3. The Bertz CT molecular complexity index is 453. The molecule has 0 amide bonds. The van der Waals surface area contributed by atoms with Crippen LogP contribution in [0.2, 0.25) is 0 Å². The molecule has 17 heavy (non-hydrogen) atoms. The van der Waals surface area contributed by atoms with Gasteiger partial charge in [0.1, 0.15) is 18.0 Å². The van der Waals surface area contributed by atoms with Crippen LogP contribution in [0.25, 0.3) is 0 Å². The lowest BCUT2D eigenvalue weighted by Gasteiger charge is -2.19. The number of nitrogens with zero attached hydrogens (tertiary/aromatic N) is 3. The molecule has 0 fully saturated rings. The van der Waals surface area contributed by atoms with Crippen LogP contribution in [0.5, 0.6) is 0 Å². The summed E-state index contributed by atoms with van der Waals surface area (Å²) in [4.78, 5) is 29.2. The van der Waals surface area contributed by atoms with Crippen LogP contribution in [0.15, 0.2) is 17.5 Å². The first-order valence-electron chi connectivity index (χ1n) is 5.17. The molecule has 1 aromatic rings. The van der Waals surface area contributed by atoms with E-state index in [2.05, 4.69) is 9.98 Å². The molecular formula is C11H15N3O3. The third-order valence-corrected chi connectivity index (χ3v) is 1.88. The molecule has 1 rings (SSSR count). The minimum Gasteiger partial charge on any atom is -0.443 e. The van der Waals surface area contributed by atoms with Crippen molar-refractivity contribution in [1.82, 2.24) is 9.55 Å². The van der Waals surface area contributed by atoms with Crippen LogP contribution in [0.4, 0.5) is 4.79 Å². The van der Waals surface area contributed by atoms with Crippen molar-refractivity contribution in [2.24, 2.45) is 4.99 Å². The molecule has 6 heteroatoms. The highest BCUT2D eigenvalue weighted by Gasteiger charge is 2.18. The molecule has 1 unspecified atom stereocenters. The number of ether oxygens (including phenoxy) is 1. The molecule has 1 heterocycles. The highest BCUT2D eigenvalue weighted by molar-refractivity contribution is 5.70. The predicted molar refractivity (Wildman–Crippen MR) is 60.4 cm³/mol. The van der Waals surface area contributed by atoms with Gasteiger partial charge in [-0.3, -0.25) is 0 Å². The second-order valence-electron chi connectivity index (χ2n) is 4.58. The Morgan fingerprint density at radius 2 is 2.24 bits per heavy atom. The van der Waals surface area contributed by atoms with E-state index in [4.69, 9.17) is 4.74 Å². The third-order valence-electron chi connectivity index (χ3n) is 1.88. The summed E-state index contributed by atoms with van der Waals surface area (Å²) in [6, 6.07) is -0.420. The number of isocyanates is 1. The van der Waals surface area contributed by atoms with Crippen molar-refractivity contribution in [2.75, 3.05) is 0 Å². The van der Waals surface area contributed by atoms with E-state index in [9.17, 15) is 9.59 Å². The van der Waals surface area contributed by atoms with Crippen molar-refractivity contribution in [3.8, 4) is 0 Å². The number of hydrogen-bond donors (Lipinski definition) is 0. The molecule has 1 aromatic heterocycles. The summed E-state index contributed by atoms with van der Waals surface area (Å²) >= 11 is 0. The van der Waals surface area contributed by atoms with Crippen LogP contribution in [-0.2, 0) is 9.53 Å². The maximum atomic E-state index is 11.6. The summed E-state index contributed by atoms with van der Waals surface area (Å²) in [6.07, 6.45) is 3.76. The number of imidazole rings is 1. The Labute approximate surface area is 99.3 Å². The van der Waals surface area contributed by atoms with Gasteiger partial charge in [0.2, 0.25) is 6.08 Å². The zero-order valence-electron chi connectivity index (χ0n) is 10.3. The van der Waals surface area contributed by atoms with E-state index in [1.807, 2.05) is 0 Å². The van der Waals surface area contributed by atoms with Gasteiger partial charge in [-0.1, -0.05) is 0 Å². The Hall–Kier alpha value is -1.94. The minimum absolute atomic E-state index is 0.420. The monoisotopic (exact) mass is 237 g/mol. The number of hydrogen-bond acceptors (Lipinski definition) is 5. The Morgan fingerprint density at radius 3 is 2.76 bits per heavy atom. The van der Waals surface area contributed by atoms with Crippen molar-refractivity contribution in [1.29, 1.82) is 0 Å². The number of carbonyl (C=O) groups excluding carboxylic acids is 2. The van der Waals surface area contributed by atoms with Crippen LogP contribution in [0, 0.1) is 0 Å². The van der Waals surface area contributed by atoms with Crippen LogP contribution in [0.3, 0.4) is 0 Å². The molecule has 92 valence electrons. The second kappa shape index (κ2) is 4.93. The van der Waals surface area contributed by atoms with Gasteiger partial charge in [-0.05, 0) is 27.7 Å². The van der Waals surface area contributed by atoms with Gasteiger partial charge in [0.25, 0.3) is 0 Å². The molecule has 0 aliphatic heterocycles. The van der Waals surface area contributed by atoms with Crippen molar-refractivity contribution in [2.45, 2.75) is 39.3 Å². The van der Waals surface area contributed by atoms with Gasteiger partial charge in [-0.15, -0.1) is 0 Å². The molecule has 0 aliphatic carbocycles. The summed E-state index contributed by atoms with van der Waals surface area (Å²) in [5.74, 6) is 0. The van der Waals surface area contributed by atoms with E-state index < -0.39 is 17.7 Å². The quantitative estimate of drug-likeness (QED) is 0.583. The molecule has 0 radical (unpaired) electrons. The van der Waals surface area contributed by atoms with E-state index in [0.717, 1.165) is 0 Å². The van der Waals surface area contributed by atoms with Crippen molar-refractivity contribution in [3.63, 3.8) is 0 Å². The molecule has 0 saturated carbocycles. The average molecular weight is 237 g/mol. The summed E-state index contributed by atoms with van der Waals surface area (Å²) in [6.45, 7) is 7.03. The van der Waals surface area contributed by atoms with Gasteiger partial charge >= 0.3 is 6.09 Å². The topological polar surface area (TPSA) is 73.5 Å². The average Bonchev–Trinajstić information content (AvgIpc) is 2.63. The first-order valence-corrected chi connectivity index (χ1v) is 5.17. The van der Waals surface area contributed by atoms with E-state index in [1.54, 1.807) is 27.7 Å². The van der Waals surface area contributed by atoms with Crippen LogP contribution >= 0.6 is 0 Å². The first kappa shape index (κ1) is 13.1. The predicted octanol–water partition coefficient (Wildman–Crippen LogP) is 2.06. The van der Waals surface area contributed by atoms with Gasteiger partial charge in [0.15, 0.2) is 0 Å². The number of aromatic nitrogens is 2. The second-order valence-corrected chi connectivity index (χ2v) is 4.58. The number of aliphatic imine (C=N–C) groups is 1. The van der Waals surface area contributed by atoms with Gasteiger partial charge < -0.3 is 4.74 Å². The van der Waals surface area contributed by atoms with Crippen LogP contribution in [0.1, 0.15) is 39.4 Å². The number of rotatable bonds is 2. The van der Waals surface area contributed by atoms with Gasteiger partial charge in [-0.25, -0.2) is 19.1 Å². The Morgan fingerprint density at radius 1 is 1.59 bits per heavy atom. The molecule has 1 atom stereocenters.